The fourth-order valence-corrected chi connectivity index (χ4v) is 4.11. The zero-order valence-electron chi connectivity index (χ0n) is 18.3. The van der Waals surface area contributed by atoms with E-state index in [1.165, 1.54) is 36.2 Å². The molecule has 7 nitrogen and oxygen atoms in total. The van der Waals surface area contributed by atoms with Gasteiger partial charge in [0.05, 0.1) is 22.7 Å². The van der Waals surface area contributed by atoms with Gasteiger partial charge in [0.15, 0.2) is 29.5 Å². The molecule has 1 heterocycles. The predicted octanol–water partition coefficient (Wildman–Crippen LogP) is 3.55. The Balaban J connectivity index is 1.99. The van der Waals surface area contributed by atoms with Gasteiger partial charge in [-0.05, 0) is 56.4 Å². The Hall–Kier alpha value is -3.43. The van der Waals surface area contributed by atoms with Crippen molar-refractivity contribution in [3.8, 4) is 11.8 Å². The van der Waals surface area contributed by atoms with Crippen LogP contribution in [0.15, 0.2) is 36.4 Å². The van der Waals surface area contributed by atoms with Crippen LogP contribution in [0.2, 0.25) is 0 Å². The number of carbonyl (C=O) groups excluding carboxylic acids is 1. The molecule has 0 spiro atoms. The summed E-state index contributed by atoms with van der Waals surface area (Å²) in [6, 6.07) is 8.31. The number of amides is 1. The molecule has 180 valence electrons. The van der Waals surface area contributed by atoms with Crippen LogP contribution in [-0.2, 0) is 11.0 Å². The van der Waals surface area contributed by atoms with Gasteiger partial charge in [0.25, 0.3) is 5.91 Å². The first-order valence-corrected chi connectivity index (χ1v) is 10.3. The number of nitrogens with one attached hydrogen (secondary N) is 1. The average molecular weight is 496 g/mol. The van der Waals surface area contributed by atoms with Crippen molar-refractivity contribution < 1.29 is 32.2 Å². The topological polar surface area (TPSA) is 88.8 Å². The quantitative estimate of drug-likeness (QED) is 0.484. The number of carbonyl (C=O) groups is 1. The lowest BCUT2D eigenvalue weighted by atomic mass is 10.0. The fraction of sp³-hybridized carbons (Fsp3) is 0.318. The van der Waals surface area contributed by atoms with Crippen LogP contribution in [0, 0.1) is 17.1 Å². The van der Waals surface area contributed by atoms with Crippen LogP contribution in [0.25, 0.3) is 0 Å². The number of nitriles is 1. The molecule has 1 aliphatic rings. The van der Waals surface area contributed by atoms with Gasteiger partial charge >= 0.3 is 6.18 Å². The number of aliphatic hydroxyl groups is 1. The van der Waals surface area contributed by atoms with E-state index in [0.29, 0.717) is 0 Å². The van der Waals surface area contributed by atoms with E-state index in [4.69, 9.17) is 22.2 Å². The minimum Gasteiger partial charge on any atom is -0.481 e. The van der Waals surface area contributed by atoms with Crippen LogP contribution in [0.3, 0.4) is 0 Å². The van der Waals surface area contributed by atoms with Gasteiger partial charge in [-0.1, -0.05) is 0 Å². The van der Waals surface area contributed by atoms with Gasteiger partial charge in [-0.15, -0.1) is 0 Å². The highest BCUT2D eigenvalue weighted by Crippen LogP contribution is 2.42. The lowest BCUT2D eigenvalue weighted by Gasteiger charge is -2.33. The molecule has 0 aliphatic carbocycles. The summed E-state index contributed by atoms with van der Waals surface area (Å²) in [5.74, 6) is -1.44. The van der Waals surface area contributed by atoms with Gasteiger partial charge in [-0.3, -0.25) is 9.69 Å². The van der Waals surface area contributed by atoms with Crippen LogP contribution in [0.4, 0.5) is 28.9 Å². The third-order valence-corrected chi connectivity index (χ3v) is 5.75. The molecular weight excluding hydrogens is 476 g/mol. The minimum atomic E-state index is -4.80. The van der Waals surface area contributed by atoms with E-state index in [2.05, 4.69) is 5.32 Å². The molecule has 0 saturated carbocycles. The molecule has 2 N–H and O–H groups in total. The van der Waals surface area contributed by atoms with Crippen molar-refractivity contribution in [1.82, 2.24) is 5.32 Å². The van der Waals surface area contributed by atoms with E-state index < -0.39 is 47.4 Å². The van der Waals surface area contributed by atoms with Crippen LogP contribution >= 0.6 is 12.2 Å². The second-order valence-electron chi connectivity index (χ2n) is 7.93. The van der Waals surface area contributed by atoms with Crippen LogP contribution in [0.5, 0.6) is 5.75 Å². The van der Waals surface area contributed by atoms with E-state index >= 15 is 0 Å². The molecule has 2 aromatic carbocycles. The summed E-state index contributed by atoms with van der Waals surface area (Å²) in [7, 11) is 1.41. The lowest BCUT2D eigenvalue weighted by Crippen LogP contribution is -2.47. The maximum atomic E-state index is 14.7. The van der Waals surface area contributed by atoms with Gasteiger partial charge in [0, 0.05) is 24.5 Å². The summed E-state index contributed by atoms with van der Waals surface area (Å²) < 4.78 is 60.2. The molecule has 1 saturated heterocycles. The Morgan fingerprint density at radius 1 is 1.26 bits per heavy atom. The van der Waals surface area contributed by atoms with Gasteiger partial charge < -0.3 is 20.1 Å². The lowest BCUT2D eigenvalue weighted by molar-refractivity contribution is -0.137. The standard InChI is InChI=1S/C22H20F4N4O3S/c1-21(2)19(32)29(13-5-4-12(10-27)15(8-13)22(24,25)26)20(34)30(21)14-6-7-17(16(23)9-14)33-11-18(31)28-3/h4-9,19,32H,11H2,1-3H3,(H,28,31). The first-order valence-electron chi connectivity index (χ1n) is 9.88. The number of rotatable bonds is 5. The van der Waals surface area contributed by atoms with Gasteiger partial charge in [0.2, 0.25) is 0 Å². The molecule has 3 rings (SSSR count). The summed E-state index contributed by atoms with van der Waals surface area (Å²) in [5, 5.41) is 22.3. The monoisotopic (exact) mass is 496 g/mol. The summed E-state index contributed by atoms with van der Waals surface area (Å²) in [5.41, 5.74) is -2.78. The first kappa shape index (κ1) is 25.2. The van der Waals surface area contributed by atoms with Crippen molar-refractivity contribution in [2.24, 2.45) is 0 Å². The van der Waals surface area contributed by atoms with E-state index in [0.717, 1.165) is 23.1 Å². The summed E-state index contributed by atoms with van der Waals surface area (Å²) >= 11 is 5.47. The van der Waals surface area contributed by atoms with Crippen molar-refractivity contribution in [3.63, 3.8) is 0 Å². The third-order valence-electron chi connectivity index (χ3n) is 5.37. The maximum Gasteiger partial charge on any atom is 0.417 e. The van der Waals surface area contributed by atoms with Crippen molar-refractivity contribution in [1.29, 1.82) is 5.26 Å². The molecule has 1 atom stereocenters. The maximum absolute atomic E-state index is 14.7. The number of alkyl halides is 3. The number of likely N-dealkylation sites (N-methyl/N-ethyl adjacent to an activating group) is 1. The molecule has 0 radical (unpaired) electrons. The second kappa shape index (κ2) is 9.08. The molecule has 1 amide bonds. The van der Waals surface area contributed by atoms with Gasteiger partial charge in [-0.25, -0.2) is 4.39 Å². The van der Waals surface area contributed by atoms with Crippen LogP contribution in [-0.4, -0.2) is 41.5 Å². The number of hydrogen-bond donors (Lipinski definition) is 2. The zero-order chi connectivity index (χ0) is 25.4. The summed E-state index contributed by atoms with van der Waals surface area (Å²) in [6.45, 7) is 2.78. The summed E-state index contributed by atoms with van der Waals surface area (Å²) in [6.07, 6.45) is -6.20. The SMILES string of the molecule is CNC(=O)COc1ccc(N2C(=S)N(c3ccc(C#N)c(C(F)(F)F)c3)C(O)C2(C)C)cc1F. The molecule has 1 aliphatic heterocycles. The van der Waals surface area contributed by atoms with E-state index in [1.54, 1.807) is 13.8 Å². The Morgan fingerprint density at radius 3 is 2.47 bits per heavy atom. The van der Waals surface area contributed by atoms with Crippen molar-refractivity contribution in [2.75, 3.05) is 23.5 Å². The molecule has 12 heteroatoms. The van der Waals surface area contributed by atoms with E-state index in [1.807, 2.05) is 0 Å². The highest BCUT2D eigenvalue weighted by molar-refractivity contribution is 7.80. The Labute approximate surface area is 198 Å². The number of ether oxygens (including phenoxy) is 1. The number of halogens is 4. The van der Waals surface area contributed by atoms with E-state index in [-0.39, 0.29) is 22.2 Å². The number of benzene rings is 2. The molecule has 0 aromatic heterocycles. The number of thiocarbonyl (C=S) groups is 1. The number of aliphatic hydroxyl groups excluding tert-OH is 1. The first-order chi connectivity index (χ1) is 15.8. The Bertz CT molecular complexity index is 1180. The molecule has 2 aromatic rings. The molecule has 1 unspecified atom stereocenters. The highest BCUT2D eigenvalue weighted by atomic mass is 32.1. The van der Waals surface area contributed by atoms with Crippen molar-refractivity contribution >= 4 is 34.6 Å². The number of hydrogen-bond acceptors (Lipinski definition) is 5. The number of anilines is 2. The fourth-order valence-electron chi connectivity index (χ4n) is 3.56. The van der Waals surface area contributed by atoms with E-state index in [9.17, 15) is 27.5 Å². The van der Waals surface area contributed by atoms with Gasteiger partial charge in [0.1, 0.15) is 0 Å². The largest absolute Gasteiger partial charge is 0.481 e. The highest BCUT2D eigenvalue weighted by Gasteiger charge is 2.50. The normalized spacial score (nSPS) is 17.5. The smallest absolute Gasteiger partial charge is 0.417 e. The minimum absolute atomic E-state index is 0.0752. The van der Waals surface area contributed by atoms with Gasteiger partial charge in [-0.2, -0.15) is 18.4 Å². The zero-order valence-corrected chi connectivity index (χ0v) is 19.1. The second-order valence-corrected chi connectivity index (χ2v) is 8.30. The number of nitrogens with zero attached hydrogens (tertiary/aromatic N) is 3. The van der Waals surface area contributed by atoms with Crippen molar-refractivity contribution in [2.45, 2.75) is 31.8 Å². The van der Waals surface area contributed by atoms with Crippen molar-refractivity contribution in [3.05, 3.63) is 53.3 Å². The van der Waals surface area contributed by atoms with Crippen LogP contribution in [0.1, 0.15) is 25.0 Å². The molecule has 0 bridgehead atoms. The molecule has 1 fully saturated rings. The summed E-state index contributed by atoms with van der Waals surface area (Å²) in [4.78, 5) is 13.8. The molecular formula is C22H20F4N4O3S. The predicted molar refractivity (Wildman–Crippen MR) is 120 cm³/mol. The Morgan fingerprint density at radius 2 is 1.91 bits per heavy atom. The third kappa shape index (κ3) is 4.49. The van der Waals surface area contributed by atoms with Crippen LogP contribution < -0.4 is 19.9 Å². The Kier molecular flexibility index (Phi) is 6.73. The molecule has 34 heavy (non-hydrogen) atoms. The average Bonchev–Trinajstić information content (AvgIpc) is 2.95.